The van der Waals surface area contributed by atoms with E-state index in [0.717, 1.165) is 0 Å². The van der Waals surface area contributed by atoms with Crippen molar-refractivity contribution in [2.75, 3.05) is 0 Å². The maximum atomic E-state index is 2.89. The zero-order chi connectivity index (χ0) is 4.24. The van der Waals surface area contributed by atoms with E-state index < -0.39 is 0 Å². The minimum absolute atomic E-state index is 0. The molecule has 0 aliphatic carbocycles. The number of hydrogen-bond acceptors (Lipinski definition) is 0. The molecule has 0 aliphatic rings. The van der Waals surface area contributed by atoms with Crippen molar-refractivity contribution >= 4 is 24.8 Å². The van der Waals surface area contributed by atoms with Gasteiger partial charge in [0.1, 0.15) is 0 Å². The van der Waals surface area contributed by atoms with Crippen LogP contribution in [0, 0.1) is 6.07 Å². The second-order valence-corrected chi connectivity index (χ2v) is 1.08. The van der Waals surface area contributed by atoms with Gasteiger partial charge in [-0.2, -0.15) is 36.4 Å². The van der Waals surface area contributed by atoms with Crippen molar-refractivity contribution < 1.29 is 21.1 Å². The Labute approximate surface area is 82.1 Å². The molecule has 0 nitrogen and oxygen atoms in total. The summed E-state index contributed by atoms with van der Waals surface area (Å²) in [6, 6.07) is 12.5. The minimum Gasteiger partial charge on any atom is -0.184 e. The van der Waals surface area contributed by atoms with Crippen LogP contribution in [-0.4, -0.2) is 0 Å². The van der Waals surface area contributed by atoms with Gasteiger partial charge in [0.2, 0.25) is 0 Å². The summed E-state index contributed by atoms with van der Waals surface area (Å²) in [6.45, 7) is 0. The van der Waals surface area contributed by atoms with Crippen molar-refractivity contribution in [3.05, 3.63) is 36.4 Å². The summed E-state index contributed by atoms with van der Waals surface area (Å²) < 4.78 is 0. The Hall–Kier alpha value is 0.488. The molecule has 0 atom stereocenters. The van der Waals surface area contributed by atoms with Crippen LogP contribution in [0.5, 0.6) is 0 Å². The van der Waals surface area contributed by atoms with Crippen molar-refractivity contribution in [3.63, 3.8) is 0 Å². The first kappa shape index (κ1) is 16.2. The molecular weight excluding hydrogens is 338 g/mol. The van der Waals surface area contributed by atoms with Crippen LogP contribution in [-0.2, 0) is 21.1 Å². The quantitative estimate of drug-likeness (QED) is 0.634. The second kappa shape index (κ2) is 11.3. The number of benzene rings is 1. The van der Waals surface area contributed by atoms with Gasteiger partial charge in [-0.05, 0) is 0 Å². The molecule has 1 aromatic rings. The molecule has 9 heavy (non-hydrogen) atoms. The van der Waals surface area contributed by atoms with E-state index in [-0.39, 0.29) is 45.9 Å². The van der Waals surface area contributed by atoms with Gasteiger partial charge >= 0.3 is 0 Å². The summed E-state index contributed by atoms with van der Waals surface area (Å²) >= 11 is 0. The molecule has 0 heterocycles. The minimum atomic E-state index is 0. The van der Waals surface area contributed by atoms with Gasteiger partial charge in [-0.1, -0.05) is 0 Å². The van der Waals surface area contributed by atoms with Gasteiger partial charge in [0.05, 0.1) is 0 Å². The largest absolute Gasteiger partial charge is 0.184 e. The maximum Gasteiger partial charge on any atom is 0 e. The molecule has 1 aromatic carbocycles. The van der Waals surface area contributed by atoms with Gasteiger partial charge in [0.15, 0.2) is 0 Å². The molecule has 0 aromatic heterocycles. The normalized spacial score (nSPS) is 5.33. The van der Waals surface area contributed by atoms with E-state index in [1.165, 1.54) is 0 Å². The van der Waals surface area contributed by atoms with Crippen molar-refractivity contribution in [1.82, 2.24) is 0 Å². The van der Waals surface area contributed by atoms with Crippen LogP contribution >= 0.6 is 24.8 Å². The standard InChI is InChI=1S/C6H5.2ClH.Pt/c1-2-4-6-5-3-1;;;/h1-5H;2*1H;/q-1;;;. The average Bonchev–Trinajstić information content (AvgIpc) is 1.72. The Balaban J connectivity index is -0.000000120. The van der Waals surface area contributed by atoms with Crippen molar-refractivity contribution in [2.45, 2.75) is 0 Å². The summed E-state index contributed by atoms with van der Waals surface area (Å²) in [5.41, 5.74) is 0. The summed E-state index contributed by atoms with van der Waals surface area (Å²) in [5.74, 6) is 0. The topological polar surface area (TPSA) is 0 Å². The molecule has 0 radical (unpaired) electrons. The van der Waals surface area contributed by atoms with Gasteiger partial charge in [-0.25, -0.2) is 0 Å². The number of hydrogen-bond donors (Lipinski definition) is 0. The number of rotatable bonds is 0. The van der Waals surface area contributed by atoms with Gasteiger partial charge in [0.25, 0.3) is 0 Å². The van der Waals surface area contributed by atoms with Crippen molar-refractivity contribution in [1.29, 1.82) is 0 Å². The van der Waals surface area contributed by atoms with Gasteiger partial charge < -0.3 is 0 Å². The summed E-state index contributed by atoms with van der Waals surface area (Å²) in [5, 5.41) is 0. The maximum absolute atomic E-state index is 2.89. The molecule has 56 valence electrons. The fourth-order valence-corrected chi connectivity index (χ4v) is 0.342. The molecule has 1 rings (SSSR count). The van der Waals surface area contributed by atoms with Crippen LogP contribution in [0.4, 0.5) is 0 Å². The third-order valence-electron chi connectivity index (χ3n) is 0.607. The van der Waals surface area contributed by atoms with Crippen LogP contribution in [0.3, 0.4) is 0 Å². The van der Waals surface area contributed by atoms with Gasteiger partial charge in [0, 0.05) is 21.1 Å². The van der Waals surface area contributed by atoms with Gasteiger partial charge in [-0.3, -0.25) is 0 Å². The SMILES string of the molecule is Cl.Cl.[Pt].[c-]1ccccc1. The van der Waals surface area contributed by atoms with E-state index in [1.54, 1.807) is 0 Å². The van der Waals surface area contributed by atoms with Gasteiger partial charge in [-0.15, -0.1) is 24.8 Å². The zero-order valence-corrected chi connectivity index (χ0v) is 8.42. The smallest absolute Gasteiger partial charge is 0 e. The Morgan fingerprint density at radius 3 is 1.33 bits per heavy atom. The first-order chi connectivity index (χ1) is 3.00. The van der Waals surface area contributed by atoms with E-state index in [4.69, 9.17) is 0 Å². The van der Waals surface area contributed by atoms with E-state index in [2.05, 4.69) is 6.07 Å². The first-order valence-corrected chi connectivity index (χ1v) is 1.91. The molecular formula is C6H7Cl2Pt-. The molecule has 0 unspecified atom stereocenters. The van der Waals surface area contributed by atoms with E-state index >= 15 is 0 Å². The molecule has 0 bridgehead atoms. The molecule has 0 fully saturated rings. The molecule has 3 heteroatoms. The molecule has 0 saturated carbocycles. The molecule has 0 saturated heterocycles. The first-order valence-electron chi connectivity index (χ1n) is 1.91. The number of halogens is 2. The average molecular weight is 345 g/mol. The predicted molar refractivity (Wildman–Crippen MR) is 39.8 cm³/mol. The third-order valence-corrected chi connectivity index (χ3v) is 0.607. The molecule has 0 aliphatic heterocycles. The fraction of sp³-hybridized carbons (Fsp3) is 0. The second-order valence-electron chi connectivity index (χ2n) is 1.08. The third kappa shape index (κ3) is 8.49. The monoisotopic (exact) mass is 344 g/mol. The zero-order valence-electron chi connectivity index (χ0n) is 4.52. The van der Waals surface area contributed by atoms with Crippen LogP contribution < -0.4 is 0 Å². The molecule has 0 N–H and O–H groups in total. The van der Waals surface area contributed by atoms with Crippen LogP contribution in [0.25, 0.3) is 0 Å². The Bertz CT molecular complexity index is 83.0. The van der Waals surface area contributed by atoms with Crippen LogP contribution in [0.1, 0.15) is 0 Å². The Kier molecular flexibility index (Phi) is 20.4. The molecule has 0 spiro atoms. The van der Waals surface area contributed by atoms with E-state index in [9.17, 15) is 0 Å². The van der Waals surface area contributed by atoms with Crippen LogP contribution in [0.15, 0.2) is 30.3 Å². The van der Waals surface area contributed by atoms with Crippen molar-refractivity contribution in [2.24, 2.45) is 0 Å². The van der Waals surface area contributed by atoms with E-state index in [0.29, 0.717) is 0 Å². The summed E-state index contributed by atoms with van der Waals surface area (Å²) in [7, 11) is 0. The van der Waals surface area contributed by atoms with Crippen molar-refractivity contribution in [3.8, 4) is 0 Å². The Morgan fingerprint density at radius 1 is 0.778 bits per heavy atom. The fourth-order valence-electron chi connectivity index (χ4n) is 0.342. The summed E-state index contributed by atoms with van der Waals surface area (Å²) in [6.07, 6.45) is 0. The molecule has 0 amide bonds. The summed E-state index contributed by atoms with van der Waals surface area (Å²) in [4.78, 5) is 0. The van der Waals surface area contributed by atoms with Crippen LogP contribution in [0.2, 0.25) is 0 Å². The Morgan fingerprint density at radius 2 is 1.22 bits per heavy atom. The van der Waals surface area contributed by atoms with E-state index in [1.807, 2.05) is 30.3 Å². The predicted octanol–water partition coefficient (Wildman–Crippen LogP) is 2.33.